The van der Waals surface area contributed by atoms with Crippen LogP contribution in [0.5, 0.6) is 0 Å². The molecule has 212 valence electrons. The number of rotatable bonds is 20. The summed E-state index contributed by atoms with van der Waals surface area (Å²) in [7, 11) is 0. The lowest BCUT2D eigenvalue weighted by molar-refractivity contribution is 0.0741. The van der Waals surface area contributed by atoms with Gasteiger partial charge in [-0.15, -0.1) is 0 Å². The van der Waals surface area contributed by atoms with Gasteiger partial charge in [0.1, 0.15) is 0 Å². The molecule has 1 fully saturated rings. The number of ether oxygens (including phenoxy) is 1. The minimum absolute atomic E-state index is 0.146. The van der Waals surface area contributed by atoms with Gasteiger partial charge in [0.25, 0.3) is 5.91 Å². The fraction of sp³-hybridized carbons (Fsp3) is 0.583. The Morgan fingerprint density at radius 3 is 1.77 bits per heavy atom. The summed E-state index contributed by atoms with van der Waals surface area (Å²) in [4.78, 5) is 15.8. The number of unbranched alkanes of at least 4 members (excludes halogenated alkanes) is 15. The number of benzene rings is 3. The van der Waals surface area contributed by atoms with Crippen LogP contribution in [0.1, 0.15) is 120 Å². The van der Waals surface area contributed by atoms with Gasteiger partial charge in [-0.25, -0.2) is 0 Å². The van der Waals surface area contributed by atoms with Gasteiger partial charge in [0.15, 0.2) is 0 Å². The molecule has 39 heavy (non-hydrogen) atoms. The van der Waals surface area contributed by atoms with Crippen molar-refractivity contribution in [2.75, 3.05) is 19.7 Å². The quantitative estimate of drug-likeness (QED) is 0.0828. The van der Waals surface area contributed by atoms with E-state index in [-0.39, 0.29) is 12.0 Å². The highest BCUT2D eigenvalue weighted by Crippen LogP contribution is 2.27. The lowest BCUT2D eigenvalue weighted by Gasteiger charge is -2.23. The summed E-state index contributed by atoms with van der Waals surface area (Å²) < 4.78 is 5.51. The van der Waals surface area contributed by atoms with Gasteiger partial charge >= 0.3 is 0 Å². The molecule has 0 aromatic heterocycles. The molecule has 3 aromatic rings. The summed E-state index contributed by atoms with van der Waals surface area (Å²) in [6.07, 6.45) is 22.0. The Morgan fingerprint density at radius 1 is 0.692 bits per heavy atom. The maximum absolute atomic E-state index is 13.7. The fourth-order valence-corrected chi connectivity index (χ4v) is 5.87. The SMILES string of the molecule is CCCCCCCCCCCCCCCCCCN(CC1CO1)C(=O)c1cccc2cc3ccccc3cc12. The molecule has 0 aliphatic carbocycles. The molecule has 0 N–H and O–H groups in total. The van der Waals surface area contributed by atoms with Crippen LogP contribution in [0.15, 0.2) is 54.6 Å². The molecule has 0 bridgehead atoms. The van der Waals surface area contributed by atoms with Gasteiger partial charge in [-0.05, 0) is 46.2 Å². The first kappa shape index (κ1) is 29.6. The molecule has 1 aliphatic heterocycles. The summed E-state index contributed by atoms with van der Waals surface area (Å²) in [5, 5.41) is 4.57. The highest BCUT2D eigenvalue weighted by Gasteiger charge is 2.28. The molecule has 0 saturated carbocycles. The van der Waals surface area contributed by atoms with Gasteiger partial charge in [-0.3, -0.25) is 4.79 Å². The Hall–Kier alpha value is -2.39. The van der Waals surface area contributed by atoms with E-state index in [4.69, 9.17) is 4.74 Å². The first-order chi connectivity index (χ1) is 19.3. The first-order valence-corrected chi connectivity index (χ1v) is 16.1. The zero-order valence-electron chi connectivity index (χ0n) is 24.5. The molecular formula is C36H51NO2. The standard InChI is InChI=1S/C36H51NO2/c1-2-3-4-5-6-7-8-9-10-11-12-13-14-15-16-19-25-37(28-33-29-39-33)36(38)34-24-20-23-32-26-30-21-17-18-22-31(30)27-35(32)34/h17-18,20-24,26-27,33H,2-16,19,25,28-29H2,1H3. The average Bonchev–Trinajstić information content (AvgIpc) is 3.78. The molecule has 1 saturated heterocycles. The smallest absolute Gasteiger partial charge is 0.254 e. The van der Waals surface area contributed by atoms with Crippen LogP contribution in [0.25, 0.3) is 21.5 Å². The summed E-state index contributed by atoms with van der Waals surface area (Å²) >= 11 is 0. The number of carbonyl (C=O) groups excluding carboxylic acids is 1. The molecule has 3 nitrogen and oxygen atoms in total. The molecule has 3 heteroatoms. The van der Waals surface area contributed by atoms with Gasteiger partial charge in [0.05, 0.1) is 12.7 Å². The minimum atomic E-state index is 0.146. The number of hydrogen-bond acceptors (Lipinski definition) is 2. The number of epoxide rings is 1. The van der Waals surface area contributed by atoms with Crippen LogP contribution in [-0.2, 0) is 4.74 Å². The minimum Gasteiger partial charge on any atom is -0.371 e. The normalized spacial score (nSPS) is 14.7. The van der Waals surface area contributed by atoms with Crippen molar-refractivity contribution in [2.45, 2.75) is 116 Å². The predicted octanol–water partition coefficient (Wildman–Crippen LogP) is 10.1. The summed E-state index contributed by atoms with van der Waals surface area (Å²) in [5.41, 5.74) is 0.815. The van der Waals surface area contributed by atoms with Crippen molar-refractivity contribution in [2.24, 2.45) is 0 Å². The van der Waals surface area contributed by atoms with Crippen molar-refractivity contribution in [3.63, 3.8) is 0 Å². The molecule has 3 aromatic carbocycles. The van der Waals surface area contributed by atoms with Crippen molar-refractivity contribution in [3.05, 3.63) is 60.2 Å². The van der Waals surface area contributed by atoms with Crippen LogP contribution in [-0.4, -0.2) is 36.6 Å². The van der Waals surface area contributed by atoms with Crippen molar-refractivity contribution >= 4 is 27.5 Å². The number of carbonyl (C=O) groups is 1. The number of fused-ring (bicyclic) bond motifs is 2. The molecule has 1 atom stereocenters. The van der Waals surface area contributed by atoms with Crippen LogP contribution in [0, 0.1) is 0 Å². The van der Waals surface area contributed by atoms with Crippen molar-refractivity contribution in [1.82, 2.24) is 4.90 Å². The molecule has 1 amide bonds. The van der Waals surface area contributed by atoms with Crippen LogP contribution in [0.4, 0.5) is 0 Å². The summed E-state index contributed by atoms with van der Waals surface area (Å²) in [6, 6.07) is 18.9. The van der Waals surface area contributed by atoms with Crippen LogP contribution >= 0.6 is 0 Å². The van der Waals surface area contributed by atoms with Crippen molar-refractivity contribution < 1.29 is 9.53 Å². The topological polar surface area (TPSA) is 32.8 Å². The van der Waals surface area contributed by atoms with E-state index in [1.807, 2.05) is 17.0 Å². The lowest BCUT2D eigenvalue weighted by atomic mass is 9.99. The molecular weight excluding hydrogens is 478 g/mol. The number of amides is 1. The van der Waals surface area contributed by atoms with Gasteiger partial charge in [0.2, 0.25) is 0 Å². The zero-order chi connectivity index (χ0) is 27.1. The van der Waals surface area contributed by atoms with Crippen LogP contribution < -0.4 is 0 Å². The Kier molecular flexibility index (Phi) is 12.6. The van der Waals surface area contributed by atoms with Gasteiger partial charge in [-0.1, -0.05) is 140 Å². The zero-order valence-corrected chi connectivity index (χ0v) is 24.5. The second kappa shape index (κ2) is 16.7. The first-order valence-electron chi connectivity index (χ1n) is 16.1. The third-order valence-corrected chi connectivity index (χ3v) is 8.37. The Morgan fingerprint density at radius 2 is 1.21 bits per heavy atom. The van der Waals surface area contributed by atoms with E-state index in [0.717, 1.165) is 35.9 Å². The van der Waals surface area contributed by atoms with Crippen LogP contribution in [0.3, 0.4) is 0 Å². The maximum Gasteiger partial charge on any atom is 0.254 e. The second-order valence-corrected chi connectivity index (χ2v) is 11.7. The second-order valence-electron chi connectivity index (χ2n) is 11.7. The van der Waals surface area contributed by atoms with Gasteiger partial charge in [-0.2, -0.15) is 0 Å². The fourth-order valence-electron chi connectivity index (χ4n) is 5.87. The summed E-state index contributed by atoms with van der Waals surface area (Å²) in [6.45, 7) is 4.60. The largest absolute Gasteiger partial charge is 0.371 e. The number of nitrogens with zero attached hydrogens (tertiary/aromatic N) is 1. The summed E-state index contributed by atoms with van der Waals surface area (Å²) in [5.74, 6) is 0.146. The van der Waals surface area contributed by atoms with Crippen molar-refractivity contribution in [1.29, 1.82) is 0 Å². The Balaban J connectivity index is 1.14. The van der Waals surface area contributed by atoms with Gasteiger partial charge < -0.3 is 9.64 Å². The van der Waals surface area contributed by atoms with E-state index in [1.165, 1.54) is 107 Å². The molecule has 1 aliphatic rings. The highest BCUT2D eigenvalue weighted by molar-refractivity contribution is 6.10. The monoisotopic (exact) mass is 529 g/mol. The maximum atomic E-state index is 13.7. The van der Waals surface area contributed by atoms with Crippen molar-refractivity contribution in [3.8, 4) is 0 Å². The third kappa shape index (κ3) is 9.94. The molecule has 1 unspecified atom stereocenters. The van der Waals surface area contributed by atoms with E-state index >= 15 is 0 Å². The average molecular weight is 530 g/mol. The molecule has 0 spiro atoms. The van der Waals surface area contributed by atoms with E-state index in [1.54, 1.807) is 0 Å². The lowest BCUT2D eigenvalue weighted by Crippen LogP contribution is -2.35. The molecule has 0 radical (unpaired) electrons. The molecule has 4 rings (SSSR count). The number of hydrogen-bond donors (Lipinski definition) is 0. The highest BCUT2D eigenvalue weighted by atomic mass is 16.6. The van der Waals surface area contributed by atoms with Crippen LogP contribution in [0.2, 0.25) is 0 Å². The van der Waals surface area contributed by atoms with E-state index < -0.39 is 0 Å². The molecule has 1 heterocycles. The third-order valence-electron chi connectivity index (χ3n) is 8.37. The van der Waals surface area contributed by atoms with E-state index in [2.05, 4.69) is 49.4 Å². The Bertz CT molecular complexity index is 1140. The Labute approximate surface area is 237 Å². The predicted molar refractivity (Wildman–Crippen MR) is 167 cm³/mol. The van der Waals surface area contributed by atoms with E-state index in [9.17, 15) is 4.79 Å². The van der Waals surface area contributed by atoms with E-state index in [0.29, 0.717) is 6.54 Å². The van der Waals surface area contributed by atoms with Gasteiger partial charge in [0, 0.05) is 18.7 Å².